The number of fused-ring (bicyclic) bond motifs is 1. The van der Waals surface area contributed by atoms with Gasteiger partial charge in [-0.25, -0.2) is 4.98 Å². The van der Waals surface area contributed by atoms with E-state index in [-0.39, 0.29) is 11.8 Å². The molecule has 1 saturated heterocycles. The average molecular weight is 354 g/mol. The van der Waals surface area contributed by atoms with Gasteiger partial charge in [-0.2, -0.15) is 0 Å². The van der Waals surface area contributed by atoms with Crippen LogP contribution in [0.25, 0.3) is 10.2 Å². The minimum absolute atomic E-state index is 0.108. The molecule has 6 heteroatoms. The number of halogens is 1. The zero-order chi connectivity index (χ0) is 14.1. The van der Waals surface area contributed by atoms with Crippen LogP contribution in [0.3, 0.4) is 0 Å². The Balaban J connectivity index is 1.71. The van der Waals surface area contributed by atoms with Crippen molar-refractivity contribution in [2.45, 2.75) is 12.8 Å². The molecule has 1 N–H and O–H groups in total. The summed E-state index contributed by atoms with van der Waals surface area (Å²) in [6.07, 6.45) is 1.86. The minimum atomic E-state index is 0.108. The van der Waals surface area contributed by atoms with Crippen molar-refractivity contribution in [3.05, 3.63) is 22.7 Å². The predicted octanol–water partition coefficient (Wildman–Crippen LogP) is 3.34. The molecule has 20 heavy (non-hydrogen) atoms. The lowest BCUT2D eigenvalue weighted by atomic mass is 9.96. The van der Waals surface area contributed by atoms with Gasteiger partial charge in [0, 0.05) is 10.4 Å². The maximum Gasteiger partial charge on any atom is 0.229 e. The number of hydrogen-bond donors (Lipinski definition) is 1. The Kier molecular flexibility index (Phi) is 4.05. The first-order valence-corrected chi connectivity index (χ1v) is 8.28. The van der Waals surface area contributed by atoms with Gasteiger partial charge in [-0.1, -0.05) is 27.3 Å². The maximum absolute atomic E-state index is 12.2. The lowest BCUT2D eigenvalue weighted by molar-refractivity contribution is -0.121. The molecule has 1 aromatic carbocycles. The molecule has 1 amide bonds. The smallest absolute Gasteiger partial charge is 0.229 e. The van der Waals surface area contributed by atoms with Gasteiger partial charge < -0.3 is 10.2 Å². The number of anilines is 1. The summed E-state index contributed by atoms with van der Waals surface area (Å²) in [6.45, 7) is 1.98. The summed E-state index contributed by atoms with van der Waals surface area (Å²) in [7, 11) is 2.10. The summed E-state index contributed by atoms with van der Waals surface area (Å²) in [5.41, 5.74) is 0.928. The van der Waals surface area contributed by atoms with Crippen LogP contribution in [0.5, 0.6) is 0 Å². The topological polar surface area (TPSA) is 45.2 Å². The molecule has 3 rings (SSSR count). The van der Waals surface area contributed by atoms with Crippen LogP contribution in [0.4, 0.5) is 5.13 Å². The van der Waals surface area contributed by atoms with Crippen molar-refractivity contribution < 1.29 is 4.79 Å². The molecule has 0 radical (unpaired) electrons. The lowest BCUT2D eigenvalue weighted by Crippen LogP contribution is -2.35. The van der Waals surface area contributed by atoms with E-state index in [9.17, 15) is 4.79 Å². The van der Waals surface area contributed by atoms with Crippen molar-refractivity contribution in [2.24, 2.45) is 5.92 Å². The van der Waals surface area contributed by atoms with Gasteiger partial charge in [0.2, 0.25) is 5.91 Å². The van der Waals surface area contributed by atoms with Gasteiger partial charge in [0.15, 0.2) is 5.13 Å². The summed E-state index contributed by atoms with van der Waals surface area (Å²) in [6, 6.07) is 5.95. The Morgan fingerprint density at radius 3 is 2.95 bits per heavy atom. The van der Waals surface area contributed by atoms with Crippen molar-refractivity contribution >= 4 is 48.5 Å². The molecule has 0 spiro atoms. The molecule has 0 unspecified atom stereocenters. The molecular formula is C14H16BrN3OS. The SMILES string of the molecule is CN1CCC(C(=O)Nc2nc3ccc(Br)cc3s2)CC1. The van der Waals surface area contributed by atoms with Gasteiger partial charge >= 0.3 is 0 Å². The Morgan fingerprint density at radius 2 is 2.20 bits per heavy atom. The molecule has 106 valence electrons. The number of piperidine rings is 1. The fourth-order valence-electron chi connectivity index (χ4n) is 2.43. The second kappa shape index (κ2) is 5.79. The number of likely N-dealkylation sites (tertiary alicyclic amines) is 1. The number of carbonyl (C=O) groups excluding carboxylic acids is 1. The third-order valence-corrected chi connectivity index (χ3v) is 5.10. The number of hydrogen-bond acceptors (Lipinski definition) is 4. The molecule has 0 saturated carbocycles. The van der Waals surface area contributed by atoms with Gasteiger partial charge in [-0.3, -0.25) is 4.79 Å². The summed E-state index contributed by atoms with van der Waals surface area (Å²) in [4.78, 5) is 19.0. The molecule has 1 aliphatic rings. The van der Waals surface area contributed by atoms with E-state index in [1.807, 2.05) is 18.2 Å². The molecule has 1 aromatic heterocycles. The van der Waals surface area contributed by atoms with E-state index in [0.29, 0.717) is 5.13 Å². The molecule has 0 bridgehead atoms. The number of benzene rings is 1. The van der Waals surface area contributed by atoms with Gasteiger partial charge in [-0.15, -0.1) is 0 Å². The quantitative estimate of drug-likeness (QED) is 0.900. The van der Waals surface area contributed by atoms with Crippen LogP contribution in [0, 0.1) is 5.92 Å². The number of aromatic nitrogens is 1. The first-order valence-electron chi connectivity index (χ1n) is 6.67. The van der Waals surface area contributed by atoms with Gasteiger partial charge in [0.1, 0.15) is 0 Å². The Hall–Kier alpha value is -0.980. The number of nitrogens with zero attached hydrogens (tertiary/aromatic N) is 2. The fourth-order valence-corrected chi connectivity index (χ4v) is 3.85. The Morgan fingerprint density at radius 1 is 1.45 bits per heavy atom. The Labute approximate surface area is 130 Å². The van der Waals surface area contributed by atoms with Crippen LogP contribution in [-0.4, -0.2) is 35.9 Å². The molecular weight excluding hydrogens is 338 g/mol. The number of thiazole rings is 1. The third kappa shape index (κ3) is 3.02. The van der Waals surface area contributed by atoms with E-state index in [1.165, 1.54) is 11.3 Å². The molecule has 0 aliphatic carbocycles. The van der Waals surface area contributed by atoms with E-state index in [1.54, 1.807) is 0 Å². The molecule has 2 aromatic rings. The van der Waals surface area contributed by atoms with Crippen molar-refractivity contribution in [1.29, 1.82) is 0 Å². The summed E-state index contributed by atoms with van der Waals surface area (Å²) < 4.78 is 2.11. The highest BCUT2D eigenvalue weighted by Crippen LogP contribution is 2.29. The van der Waals surface area contributed by atoms with Crippen LogP contribution in [0.15, 0.2) is 22.7 Å². The van der Waals surface area contributed by atoms with Crippen molar-refractivity contribution in [3.63, 3.8) is 0 Å². The molecule has 0 atom stereocenters. The largest absolute Gasteiger partial charge is 0.306 e. The van der Waals surface area contributed by atoms with Crippen LogP contribution < -0.4 is 5.32 Å². The second-order valence-corrected chi connectivity index (χ2v) is 7.14. The van der Waals surface area contributed by atoms with E-state index in [0.717, 1.165) is 40.6 Å². The molecule has 4 nitrogen and oxygen atoms in total. The summed E-state index contributed by atoms with van der Waals surface area (Å²) in [5, 5.41) is 3.67. The van der Waals surface area contributed by atoms with E-state index < -0.39 is 0 Å². The number of carbonyl (C=O) groups is 1. The van der Waals surface area contributed by atoms with Gasteiger partial charge in [0.25, 0.3) is 0 Å². The standard InChI is InChI=1S/C14H16BrN3OS/c1-18-6-4-9(5-7-18)13(19)17-14-16-11-3-2-10(15)8-12(11)20-14/h2-3,8-9H,4-7H2,1H3,(H,16,17,19). The van der Waals surface area contributed by atoms with Crippen LogP contribution in [-0.2, 0) is 4.79 Å². The van der Waals surface area contributed by atoms with Crippen LogP contribution in [0.1, 0.15) is 12.8 Å². The lowest BCUT2D eigenvalue weighted by Gasteiger charge is -2.27. The summed E-state index contributed by atoms with van der Waals surface area (Å²) >= 11 is 4.97. The highest BCUT2D eigenvalue weighted by molar-refractivity contribution is 9.10. The maximum atomic E-state index is 12.2. The number of rotatable bonds is 2. The normalized spacial score (nSPS) is 17.5. The van der Waals surface area contributed by atoms with Crippen LogP contribution in [0.2, 0.25) is 0 Å². The first-order chi connectivity index (χ1) is 9.61. The highest BCUT2D eigenvalue weighted by Gasteiger charge is 2.24. The average Bonchev–Trinajstić information content (AvgIpc) is 2.80. The molecule has 1 aliphatic heterocycles. The van der Waals surface area contributed by atoms with Gasteiger partial charge in [0.05, 0.1) is 10.2 Å². The predicted molar refractivity (Wildman–Crippen MR) is 86.2 cm³/mol. The van der Waals surface area contributed by atoms with E-state index in [2.05, 4.69) is 38.2 Å². The number of amides is 1. The highest BCUT2D eigenvalue weighted by atomic mass is 79.9. The Bertz CT molecular complexity index is 634. The zero-order valence-corrected chi connectivity index (χ0v) is 13.6. The zero-order valence-electron chi connectivity index (χ0n) is 11.2. The van der Waals surface area contributed by atoms with E-state index in [4.69, 9.17) is 0 Å². The molecule has 1 fully saturated rings. The first kappa shape index (κ1) is 14.0. The van der Waals surface area contributed by atoms with Gasteiger partial charge in [-0.05, 0) is 51.2 Å². The van der Waals surface area contributed by atoms with E-state index >= 15 is 0 Å². The monoisotopic (exact) mass is 353 g/mol. The second-order valence-electron chi connectivity index (χ2n) is 5.20. The summed E-state index contributed by atoms with van der Waals surface area (Å²) in [5.74, 6) is 0.223. The fraction of sp³-hybridized carbons (Fsp3) is 0.429. The molecule has 2 heterocycles. The van der Waals surface area contributed by atoms with Crippen LogP contribution >= 0.6 is 27.3 Å². The number of nitrogens with one attached hydrogen (secondary N) is 1. The van der Waals surface area contributed by atoms with Crippen molar-refractivity contribution in [2.75, 3.05) is 25.5 Å². The third-order valence-electron chi connectivity index (χ3n) is 3.67. The van der Waals surface area contributed by atoms with Crippen molar-refractivity contribution in [3.8, 4) is 0 Å². The minimum Gasteiger partial charge on any atom is -0.306 e. The van der Waals surface area contributed by atoms with Crippen molar-refractivity contribution in [1.82, 2.24) is 9.88 Å².